The molecule has 0 aliphatic carbocycles. The predicted octanol–water partition coefficient (Wildman–Crippen LogP) is 6.16. The van der Waals surface area contributed by atoms with E-state index in [9.17, 15) is 14.7 Å². The molecule has 0 radical (unpaired) electrons. The molecule has 0 aromatic carbocycles. The summed E-state index contributed by atoms with van der Waals surface area (Å²) in [5.74, 6) is -0.271. The summed E-state index contributed by atoms with van der Waals surface area (Å²) in [5, 5.41) is 15.2. The minimum atomic E-state index is -0.338. The Kier molecular flexibility index (Phi) is 22.3. The van der Waals surface area contributed by atoms with Crippen LogP contribution in [0.1, 0.15) is 129 Å². The molecule has 0 spiro atoms. The molecule has 0 heterocycles. The van der Waals surface area contributed by atoms with Crippen molar-refractivity contribution in [2.24, 2.45) is 0 Å². The summed E-state index contributed by atoms with van der Waals surface area (Å²) in [6.07, 6.45) is 24.9. The Balaban J connectivity index is 3.32. The fraction of sp³-hybridized carbons (Fsp3) is 0.846. The zero-order chi connectivity index (χ0) is 23.0. The Bertz CT molecular complexity index is 452. The number of amides is 2. The Hall–Kier alpha value is -1.36. The topological polar surface area (TPSA) is 78.4 Å². The van der Waals surface area contributed by atoms with E-state index in [1.165, 1.54) is 96.8 Å². The van der Waals surface area contributed by atoms with Gasteiger partial charge in [0.15, 0.2) is 0 Å². The molecule has 0 aromatic rings. The van der Waals surface area contributed by atoms with Gasteiger partial charge in [-0.05, 0) is 19.0 Å². The molecule has 1 unspecified atom stereocenters. The molecular weight excluding hydrogens is 388 g/mol. The molecule has 1 atom stereocenters. The number of nitrogens with one attached hydrogen (secondary N) is 2. The highest BCUT2D eigenvalue weighted by atomic mass is 16.3. The van der Waals surface area contributed by atoms with Crippen LogP contribution in [0.4, 0.5) is 0 Å². The standard InChI is InChI=1S/C26H50N2O3/c1-3-4-5-6-7-8-9-10-11-12-13-14-15-16-17-19-25(30)20-18-22-28-26(31)21-23-27-24(2)29/h18,22,25,30H,3-17,19-21,23H2,1-2H3,(H,27,29)(H,28,31). The van der Waals surface area contributed by atoms with Crippen LogP contribution in [0.25, 0.3) is 0 Å². The number of hydrogen-bond donors (Lipinski definition) is 3. The van der Waals surface area contributed by atoms with Crippen LogP contribution in [-0.4, -0.2) is 29.6 Å². The maximum atomic E-state index is 11.5. The molecule has 182 valence electrons. The van der Waals surface area contributed by atoms with E-state index in [0.29, 0.717) is 13.0 Å². The van der Waals surface area contributed by atoms with Gasteiger partial charge >= 0.3 is 0 Å². The van der Waals surface area contributed by atoms with Gasteiger partial charge in [0.25, 0.3) is 0 Å². The summed E-state index contributed by atoms with van der Waals surface area (Å²) in [6, 6.07) is 0. The fourth-order valence-electron chi connectivity index (χ4n) is 3.67. The minimum absolute atomic E-state index is 0.134. The summed E-state index contributed by atoms with van der Waals surface area (Å²) in [7, 11) is 0. The molecule has 0 aliphatic rings. The molecule has 5 nitrogen and oxygen atoms in total. The number of aliphatic hydroxyl groups is 1. The first-order chi connectivity index (χ1) is 15.1. The van der Waals surface area contributed by atoms with Crippen molar-refractivity contribution < 1.29 is 14.7 Å². The lowest BCUT2D eigenvalue weighted by molar-refractivity contribution is -0.120. The molecule has 2 amide bonds. The van der Waals surface area contributed by atoms with Gasteiger partial charge in [-0.25, -0.2) is 0 Å². The first-order valence-electron chi connectivity index (χ1n) is 12.9. The second kappa shape index (κ2) is 23.3. The van der Waals surface area contributed by atoms with Gasteiger partial charge in [0.1, 0.15) is 0 Å². The summed E-state index contributed by atoms with van der Waals surface area (Å²) in [6.45, 7) is 4.04. The van der Waals surface area contributed by atoms with Gasteiger partial charge < -0.3 is 15.7 Å². The van der Waals surface area contributed by atoms with Crippen LogP contribution in [0.15, 0.2) is 12.3 Å². The third-order valence-electron chi connectivity index (χ3n) is 5.64. The lowest BCUT2D eigenvalue weighted by Gasteiger charge is -2.08. The van der Waals surface area contributed by atoms with Crippen molar-refractivity contribution in [2.75, 3.05) is 6.54 Å². The quantitative estimate of drug-likeness (QED) is 0.177. The number of carbonyl (C=O) groups is 2. The Morgan fingerprint density at radius 2 is 1.29 bits per heavy atom. The minimum Gasteiger partial charge on any atom is -0.393 e. The lowest BCUT2D eigenvalue weighted by Crippen LogP contribution is -2.27. The molecular formula is C26H50N2O3. The monoisotopic (exact) mass is 438 g/mol. The van der Waals surface area contributed by atoms with E-state index >= 15 is 0 Å². The van der Waals surface area contributed by atoms with Gasteiger partial charge in [-0.3, -0.25) is 9.59 Å². The Morgan fingerprint density at radius 3 is 1.77 bits per heavy atom. The van der Waals surface area contributed by atoms with Crippen molar-refractivity contribution in [3.8, 4) is 0 Å². The maximum Gasteiger partial charge on any atom is 0.225 e. The zero-order valence-corrected chi connectivity index (χ0v) is 20.4. The first kappa shape index (κ1) is 29.6. The zero-order valence-electron chi connectivity index (χ0n) is 20.4. The molecule has 0 fully saturated rings. The molecule has 3 N–H and O–H groups in total. The number of rotatable bonds is 22. The SMILES string of the molecule is CCCCCCCCCCCCCCCCCC(O)CC=CNC(=O)CCNC(C)=O. The van der Waals surface area contributed by atoms with Gasteiger partial charge in [-0.2, -0.15) is 0 Å². The van der Waals surface area contributed by atoms with Crippen molar-refractivity contribution in [3.63, 3.8) is 0 Å². The van der Waals surface area contributed by atoms with E-state index in [1.807, 2.05) is 0 Å². The highest BCUT2D eigenvalue weighted by Gasteiger charge is 2.02. The third-order valence-corrected chi connectivity index (χ3v) is 5.64. The molecule has 5 heteroatoms. The van der Waals surface area contributed by atoms with E-state index in [4.69, 9.17) is 0 Å². The average Bonchev–Trinajstić information content (AvgIpc) is 2.73. The van der Waals surface area contributed by atoms with Crippen LogP contribution >= 0.6 is 0 Å². The normalized spacial score (nSPS) is 12.2. The van der Waals surface area contributed by atoms with E-state index in [0.717, 1.165) is 12.8 Å². The van der Waals surface area contributed by atoms with Gasteiger partial charge in [0.2, 0.25) is 11.8 Å². The molecule has 0 aromatic heterocycles. The van der Waals surface area contributed by atoms with Crippen LogP contribution in [0.5, 0.6) is 0 Å². The van der Waals surface area contributed by atoms with E-state index in [1.54, 1.807) is 12.3 Å². The summed E-state index contributed by atoms with van der Waals surface area (Å²) in [4.78, 5) is 22.2. The van der Waals surface area contributed by atoms with Crippen molar-refractivity contribution >= 4 is 11.8 Å². The first-order valence-corrected chi connectivity index (χ1v) is 12.9. The predicted molar refractivity (Wildman–Crippen MR) is 131 cm³/mol. The summed E-state index contributed by atoms with van der Waals surface area (Å²) < 4.78 is 0. The van der Waals surface area contributed by atoms with Crippen LogP contribution < -0.4 is 10.6 Å². The van der Waals surface area contributed by atoms with Gasteiger partial charge in [0, 0.05) is 19.9 Å². The molecule has 0 aliphatic heterocycles. The molecule has 31 heavy (non-hydrogen) atoms. The molecule has 0 saturated heterocycles. The van der Waals surface area contributed by atoms with Crippen LogP contribution in [-0.2, 0) is 9.59 Å². The van der Waals surface area contributed by atoms with Crippen molar-refractivity contribution in [3.05, 3.63) is 12.3 Å². The highest BCUT2D eigenvalue weighted by Crippen LogP contribution is 2.14. The number of carbonyl (C=O) groups excluding carboxylic acids is 2. The van der Waals surface area contributed by atoms with Crippen LogP contribution in [0.3, 0.4) is 0 Å². The van der Waals surface area contributed by atoms with Crippen molar-refractivity contribution in [1.29, 1.82) is 0 Å². The molecule has 0 saturated carbocycles. The van der Waals surface area contributed by atoms with E-state index in [-0.39, 0.29) is 24.3 Å². The number of aliphatic hydroxyl groups excluding tert-OH is 1. The smallest absolute Gasteiger partial charge is 0.225 e. The van der Waals surface area contributed by atoms with Crippen LogP contribution in [0.2, 0.25) is 0 Å². The Morgan fingerprint density at radius 1 is 0.806 bits per heavy atom. The largest absolute Gasteiger partial charge is 0.393 e. The van der Waals surface area contributed by atoms with Crippen LogP contribution in [0, 0.1) is 0 Å². The van der Waals surface area contributed by atoms with Crippen molar-refractivity contribution in [1.82, 2.24) is 10.6 Å². The molecule has 0 bridgehead atoms. The van der Waals surface area contributed by atoms with Gasteiger partial charge in [-0.15, -0.1) is 0 Å². The maximum absolute atomic E-state index is 11.5. The lowest BCUT2D eigenvalue weighted by atomic mass is 10.0. The number of hydrogen-bond acceptors (Lipinski definition) is 3. The Labute approximate surface area is 191 Å². The second-order valence-electron chi connectivity index (χ2n) is 8.83. The average molecular weight is 439 g/mol. The highest BCUT2D eigenvalue weighted by molar-refractivity contribution is 5.78. The second-order valence-corrected chi connectivity index (χ2v) is 8.83. The van der Waals surface area contributed by atoms with E-state index in [2.05, 4.69) is 17.6 Å². The van der Waals surface area contributed by atoms with Gasteiger partial charge in [-0.1, -0.05) is 109 Å². The fourth-order valence-corrected chi connectivity index (χ4v) is 3.67. The number of unbranched alkanes of at least 4 members (excludes halogenated alkanes) is 14. The molecule has 0 rings (SSSR count). The van der Waals surface area contributed by atoms with Crippen molar-refractivity contribution in [2.45, 2.75) is 136 Å². The van der Waals surface area contributed by atoms with Gasteiger partial charge in [0.05, 0.1) is 6.10 Å². The summed E-state index contributed by atoms with van der Waals surface area (Å²) >= 11 is 0. The summed E-state index contributed by atoms with van der Waals surface area (Å²) in [5.41, 5.74) is 0. The third kappa shape index (κ3) is 24.8. The van der Waals surface area contributed by atoms with E-state index < -0.39 is 0 Å².